The van der Waals surface area contributed by atoms with E-state index in [1.807, 2.05) is 32.8 Å². The number of anilines is 2. The Morgan fingerprint density at radius 2 is 1.81 bits per heavy atom. The first-order chi connectivity index (χ1) is 9.63. The van der Waals surface area contributed by atoms with E-state index in [1.54, 1.807) is 0 Å². The third-order valence-corrected chi connectivity index (χ3v) is 3.00. The average molecular weight is 305 g/mol. The number of rotatable bonds is 6. The van der Waals surface area contributed by atoms with Gasteiger partial charge in [-0.25, -0.2) is 10.8 Å². The summed E-state index contributed by atoms with van der Waals surface area (Å²) in [5.74, 6) is 5.54. The molecule has 0 aliphatic heterocycles. The quantitative estimate of drug-likeness (QED) is 0.556. The maximum atomic E-state index is 12.9. The van der Waals surface area contributed by atoms with Gasteiger partial charge in [-0.15, -0.1) is 0 Å². The van der Waals surface area contributed by atoms with Crippen LogP contribution in [0.3, 0.4) is 0 Å². The molecule has 1 aromatic heterocycles. The van der Waals surface area contributed by atoms with Crippen molar-refractivity contribution < 1.29 is 13.2 Å². The zero-order valence-corrected chi connectivity index (χ0v) is 12.6. The predicted molar refractivity (Wildman–Crippen MR) is 77.9 cm³/mol. The summed E-state index contributed by atoms with van der Waals surface area (Å²) in [5.41, 5.74) is 1.37. The topological polar surface area (TPSA) is 66.2 Å². The molecule has 0 saturated carbocycles. The Morgan fingerprint density at radius 3 is 2.24 bits per heavy atom. The van der Waals surface area contributed by atoms with Gasteiger partial charge in [-0.05, 0) is 32.1 Å². The lowest BCUT2D eigenvalue weighted by Crippen LogP contribution is -2.36. The van der Waals surface area contributed by atoms with Gasteiger partial charge >= 0.3 is 6.18 Å². The second kappa shape index (κ2) is 6.95. The van der Waals surface area contributed by atoms with E-state index in [0.717, 1.165) is 12.1 Å². The van der Waals surface area contributed by atoms with E-state index in [-0.39, 0.29) is 23.6 Å². The lowest BCUT2D eigenvalue weighted by molar-refractivity contribution is -0.137. The fourth-order valence-corrected chi connectivity index (χ4v) is 1.85. The van der Waals surface area contributed by atoms with Crippen molar-refractivity contribution >= 4 is 11.6 Å². The zero-order chi connectivity index (χ0) is 16.2. The summed E-state index contributed by atoms with van der Waals surface area (Å²) in [5, 5.41) is 3.05. The highest BCUT2D eigenvalue weighted by atomic mass is 19.4. The van der Waals surface area contributed by atoms with Gasteiger partial charge in [0, 0.05) is 12.6 Å². The Morgan fingerprint density at radius 1 is 1.24 bits per heavy atom. The maximum absolute atomic E-state index is 12.9. The molecule has 1 heterocycles. The molecule has 120 valence electrons. The monoisotopic (exact) mass is 305 g/mol. The molecule has 0 radical (unpaired) electrons. The summed E-state index contributed by atoms with van der Waals surface area (Å²) in [6.45, 7) is 4.68. The highest BCUT2D eigenvalue weighted by Gasteiger charge is 2.32. The van der Waals surface area contributed by atoms with Crippen molar-refractivity contribution in [3.63, 3.8) is 0 Å². The van der Waals surface area contributed by atoms with Crippen molar-refractivity contribution in [1.29, 1.82) is 0 Å². The molecule has 0 aliphatic carbocycles. The Balaban J connectivity index is 3.05. The number of pyridine rings is 1. The number of hydrogen-bond acceptors (Lipinski definition) is 5. The molecule has 1 atom stereocenters. The summed E-state index contributed by atoms with van der Waals surface area (Å²) in [6.07, 6.45) is -4.44. The van der Waals surface area contributed by atoms with Gasteiger partial charge in [0.2, 0.25) is 0 Å². The van der Waals surface area contributed by atoms with Gasteiger partial charge in [0.25, 0.3) is 0 Å². The maximum Gasteiger partial charge on any atom is 0.416 e. The number of aromatic nitrogens is 1. The lowest BCUT2D eigenvalue weighted by atomic mass is 10.0. The van der Waals surface area contributed by atoms with Crippen LogP contribution in [0.4, 0.5) is 24.8 Å². The van der Waals surface area contributed by atoms with E-state index in [4.69, 9.17) is 5.84 Å². The number of nitrogen functional groups attached to an aromatic ring is 1. The number of halogens is 3. The predicted octanol–water partition coefficient (Wildman–Crippen LogP) is 2.38. The summed E-state index contributed by atoms with van der Waals surface area (Å²) >= 11 is 0. The number of nitrogens with zero attached hydrogens (tertiary/aromatic N) is 2. The molecule has 21 heavy (non-hydrogen) atoms. The minimum atomic E-state index is -4.44. The first kappa shape index (κ1) is 17.5. The molecule has 0 saturated heterocycles. The van der Waals surface area contributed by atoms with Gasteiger partial charge in [0.1, 0.15) is 11.6 Å². The van der Waals surface area contributed by atoms with Crippen molar-refractivity contribution in [2.45, 2.75) is 26.1 Å². The zero-order valence-electron chi connectivity index (χ0n) is 12.6. The van der Waals surface area contributed by atoms with Crippen LogP contribution in [0.15, 0.2) is 12.1 Å². The Labute approximate surface area is 122 Å². The van der Waals surface area contributed by atoms with Crippen LogP contribution in [-0.4, -0.2) is 36.6 Å². The second-order valence-corrected chi connectivity index (χ2v) is 5.53. The van der Waals surface area contributed by atoms with Crippen molar-refractivity contribution in [2.75, 3.05) is 31.4 Å². The Kier molecular flexibility index (Phi) is 5.79. The summed E-state index contributed by atoms with van der Waals surface area (Å²) in [4.78, 5) is 5.99. The SMILES string of the molecule is CC(C)C(CN(C)C)Nc1cc(C(F)(F)F)cc(NN)n1. The fraction of sp³-hybridized carbons (Fsp3) is 0.615. The van der Waals surface area contributed by atoms with Crippen LogP contribution in [0.1, 0.15) is 19.4 Å². The van der Waals surface area contributed by atoms with Crippen LogP contribution in [0.25, 0.3) is 0 Å². The Hall–Kier alpha value is -1.54. The van der Waals surface area contributed by atoms with Gasteiger partial charge in [-0.3, -0.25) is 0 Å². The molecule has 0 aliphatic rings. The van der Waals surface area contributed by atoms with Crippen LogP contribution in [0.5, 0.6) is 0 Å². The number of hydrazine groups is 1. The third kappa shape index (κ3) is 5.39. The van der Waals surface area contributed by atoms with Crippen LogP contribution in [-0.2, 0) is 6.18 Å². The van der Waals surface area contributed by atoms with Crippen LogP contribution >= 0.6 is 0 Å². The summed E-state index contributed by atoms with van der Waals surface area (Å²) in [6, 6.07) is 1.84. The highest BCUT2D eigenvalue weighted by Crippen LogP contribution is 2.32. The molecular weight excluding hydrogens is 283 g/mol. The molecule has 1 unspecified atom stereocenters. The molecule has 1 aromatic rings. The Bertz CT molecular complexity index is 460. The third-order valence-electron chi connectivity index (χ3n) is 3.00. The molecule has 0 spiro atoms. The molecule has 5 nitrogen and oxygen atoms in total. The molecule has 0 bridgehead atoms. The molecular formula is C13H22F3N5. The average Bonchev–Trinajstić information content (AvgIpc) is 2.35. The smallest absolute Gasteiger partial charge is 0.366 e. The second-order valence-electron chi connectivity index (χ2n) is 5.53. The van der Waals surface area contributed by atoms with E-state index in [9.17, 15) is 13.2 Å². The van der Waals surface area contributed by atoms with Gasteiger partial charge in [0.05, 0.1) is 5.56 Å². The van der Waals surface area contributed by atoms with Gasteiger partial charge in [0.15, 0.2) is 0 Å². The lowest BCUT2D eigenvalue weighted by Gasteiger charge is -2.26. The van der Waals surface area contributed by atoms with Gasteiger partial charge in [-0.2, -0.15) is 13.2 Å². The van der Waals surface area contributed by atoms with E-state index in [1.165, 1.54) is 0 Å². The largest absolute Gasteiger partial charge is 0.416 e. The first-order valence-electron chi connectivity index (χ1n) is 6.60. The van der Waals surface area contributed by atoms with Gasteiger partial charge < -0.3 is 15.6 Å². The molecule has 4 N–H and O–H groups in total. The van der Waals surface area contributed by atoms with Gasteiger partial charge in [-0.1, -0.05) is 13.8 Å². The molecule has 8 heteroatoms. The number of nitrogens with two attached hydrogens (primary N) is 1. The number of likely N-dealkylation sites (N-methyl/N-ethyl adjacent to an activating group) is 1. The van der Waals surface area contributed by atoms with E-state index < -0.39 is 11.7 Å². The van der Waals surface area contributed by atoms with E-state index in [0.29, 0.717) is 6.54 Å². The van der Waals surface area contributed by atoms with Crippen molar-refractivity contribution in [3.05, 3.63) is 17.7 Å². The minimum Gasteiger partial charge on any atom is -0.366 e. The van der Waals surface area contributed by atoms with Crippen LogP contribution in [0.2, 0.25) is 0 Å². The first-order valence-corrected chi connectivity index (χ1v) is 6.60. The fourth-order valence-electron chi connectivity index (χ4n) is 1.85. The number of nitrogens with one attached hydrogen (secondary N) is 2. The van der Waals surface area contributed by atoms with Crippen LogP contribution in [0, 0.1) is 5.92 Å². The van der Waals surface area contributed by atoms with E-state index >= 15 is 0 Å². The number of alkyl halides is 3. The van der Waals surface area contributed by atoms with Crippen molar-refractivity contribution in [2.24, 2.45) is 11.8 Å². The normalized spacial score (nSPS) is 13.6. The minimum absolute atomic E-state index is 0.0263. The number of hydrogen-bond donors (Lipinski definition) is 3. The molecule has 0 aromatic carbocycles. The standard InChI is InChI=1S/C13H22F3N5/c1-8(2)10(7-21(3)4)18-11-5-9(13(14,15)16)6-12(19-11)20-17/h5-6,8,10H,7,17H2,1-4H3,(H2,18,19,20). The highest BCUT2D eigenvalue weighted by molar-refractivity contribution is 5.49. The van der Waals surface area contributed by atoms with Crippen molar-refractivity contribution in [1.82, 2.24) is 9.88 Å². The summed E-state index contributed by atoms with van der Waals surface area (Å²) < 4.78 is 38.6. The molecule has 1 rings (SSSR count). The van der Waals surface area contributed by atoms with Crippen molar-refractivity contribution in [3.8, 4) is 0 Å². The van der Waals surface area contributed by atoms with Crippen LogP contribution < -0.4 is 16.6 Å². The molecule has 0 amide bonds. The summed E-state index contributed by atoms with van der Waals surface area (Å²) in [7, 11) is 3.81. The molecule has 0 fully saturated rings. The van der Waals surface area contributed by atoms with E-state index in [2.05, 4.69) is 15.7 Å².